The van der Waals surface area contributed by atoms with Crippen molar-refractivity contribution < 1.29 is 14.4 Å². The summed E-state index contributed by atoms with van der Waals surface area (Å²) in [7, 11) is 0. The predicted molar refractivity (Wildman–Crippen MR) is 112 cm³/mol. The van der Waals surface area contributed by atoms with Gasteiger partial charge in [0.05, 0.1) is 34.1 Å². The second-order valence-corrected chi connectivity index (χ2v) is 8.37. The number of nitrogens with one attached hydrogen (secondary N) is 1. The molecule has 0 radical (unpaired) electrons. The molecule has 2 N–H and O–H groups in total. The molecule has 0 spiro atoms. The molecule has 2 heterocycles. The first-order valence-corrected chi connectivity index (χ1v) is 10.3. The van der Waals surface area contributed by atoms with E-state index < -0.39 is 0 Å². The Morgan fingerprint density at radius 1 is 1.18 bits per heavy atom. The molecule has 146 valence electrons. The number of rotatable bonds is 3. The molecule has 2 aromatic carbocycles. The monoisotopic (exact) mass is 418 g/mol. The van der Waals surface area contributed by atoms with Gasteiger partial charge < -0.3 is 14.4 Å². The van der Waals surface area contributed by atoms with Crippen LogP contribution in [0.25, 0.3) is 22.1 Å². The number of halogens is 2. The standard InChI is InChI=1S/C22H21Cl2NO3/c1-13-4-2-3-9-25(13)11-17-20(26)8-7-16-21(27)18(12-28-22(16)17)15-6-5-14(23)10-19(15)24/h5-8,10,12-13,26H,2-4,9,11H2,1H3/p+1/t13-/m1/s1. The summed E-state index contributed by atoms with van der Waals surface area (Å²) in [6, 6.07) is 8.71. The van der Waals surface area contributed by atoms with Gasteiger partial charge >= 0.3 is 0 Å². The molecule has 0 amide bonds. The third-order valence-electron chi connectivity index (χ3n) is 5.73. The summed E-state index contributed by atoms with van der Waals surface area (Å²) in [5.41, 5.74) is 1.92. The molecule has 6 heteroatoms. The highest BCUT2D eigenvalue weighted by molar-refractivity contribution is 6.36. The van der Waals surface area contributed by atoms with Crippen LogP contribution >= 0.6 is 23.2 Å². The van der Waals surface area contributed by atoms with Crippen molar-refractivity contribution in [3.05, 3.63) is 62.4 Å². The largest absolute Gasteiger partial charge is 0.507 e. The molecule has 3 aromatic rings. The second-order valence-electron chi connectivity index (χ2n) is 7.52. The highest BCUT2D eigenvalue weighted by Gasteiger charge is 2.25. The predicted octanol–water partition coefficient (Wildman–Crippen LogP) is 4.43. The Morgan fingerprint density at radius 2 is 2.00 bits per heavy atom. The van der Waals surface area contributed by atoms with Crippen molar-refractivity contribution in [2.45, 2.75) is 38.8 Å². The van der Waals surface area contributed by atoms with Crippen LogP contribution in [-0.2, 0) is 6.54 Å². The number of phenols is 1. The number of piperidine rings is 1. The van der Waals surface area contributed by atoms with E-state index in [1.807, 2.05) is 0 Å². The lowest BCUT2D eigenvalue weighted by Crippen LogP contribution is -3.14. The molecule has 4 nitrogen and oxygen atoms in total. The molecule has 0 bridgehead atoms. The number of fused-ring (bicyclic) bond motifs is 1. The van der Waals surface area contributed by atoms with Crippen molar-refractivity contribution in [2.75, 3.05) is 6.54 Å². The molecule has 1 unspecified atom stereocenters. The number of aromatic hydroxyl groups is 1. The van der Waals surface area contributed by atoms with Gasteiger partial charge in [0.1, 0.15) is 24.1 Å². The maximum atomic E-state index is 13.1. The molecule has 2 atom stereocenters. The van der Waals surface area contributed by atoms with Crippen molar-refractivity contribution in [3.8, 4) is 16.9 Å². The van der Waals surface area contributed by atoms with Gasteiger partial charge in [-0.2, -0.15) is 0 Å². The third-order valence-corrected chi connectivity index (χ3v) is 6.27. The lowest BCUT2D eigenvalue weighted by molar-refractivity contribution is -0.941. The molecule has 0 aliphatic carbocycles. The van der Waals surface area contributed by atoms with E-state index in [9.17, 15) is 9.90 Å². The van der Waals surface area contributed by atoms with Gasteiger partial charge in [0.15, 0.2) is 0 Å². The Labute approximate surface area is 173 Å². The lowest BCUT2D eigenvalue weighted by atomic mass is 10.0. The first-order valence-electron chi connectivity index (χ1n) is 9.52. The van der Waals surface area contributed by atoms with Crippen LogP contribution in [0.4, 0.5) is 0 Å². The van der Waals surface area contributed by atoms with E-state index in [-0.39, 0.29) is 11.2 Å². The molecule has 1 aliphatic rings. The summed E-state index contributed by atoms with van der Waals surface area (Å²) in [5.74, 6) is 0.165. The van der Waals surface area contributed by atoms with Crippen LogP contribution in [0.1, 0.15) is 31.7 Å². The minimum atomic E-state index is -0.173. The van der Waals surface area contributed by atoms with E-state index >= 15 is 0 Å². The zero-order valence-corrected chi connectivity index (χ0v) is 17.1. The number of likely N-dealkylation sites (tertiary alicyclic amines) is 1. The van der Waals surface area contributed by atoms with Crippen molar-refractivity contribution in [2.24, 2.45) is 0 Å². The zero-order valence-electron chi connectivity index (χ0n) is 15.6. The van der Waals surface area contributed by atoms with E-state index in [4.69, 9.17) is 27.6 Å². The van der Waals surface area contributed by atoms with Crippen LogP contribution < -0.4 is 10.3 Å². The minimum Gasteiger partial charge on any atom is -0.507 e. The molecule has 4 rings (SSSR count). The Morgan fingerprint density at radius 3 is 2.75 bits per heavy atom. The van der Waals surface area contributed by atoms with Crippen molar-refractivity contribution in [1.82, 2.24) is 0 Å². The van der Waals surface area contributed by atoms with Gasteiger partial charge in [0.25, 0.3) is 0 Å². The van der Waals surface area contributed by atoms with Crippen LogP contribution in [0.5, 0.6) is 5.75 Å². The minimum absolute atomic E-state index is 0.165. The van der Waals surface area contributed by atoms with Crippen molar-refractivity contribution >= 4 is 34.2 Å². The topological polar surface area (TPSA) is 54.9 Å². The van der Waals surface area contributed by atoms with Gasteiger partial charge in [-0.05, 0) is 50.5 Å². The highest BCUT2D eigenvalue weighted by Crippen LogP contribution is 2.31. The molecular weight excluding hydrogens is 397 g/mol. The van der Waals surface area contributed by atoms with Crippen LogP contribution in [0.3, 0.4) is 0 Å². The summed E-state index contributed by atoms with van der Waals surface area (Å²) in [5, 5.41) is 11.8. The Kier molecular flexibility index (Phi) is 5.37. The second kappa shape index (κ2) is 7.78. The lowest BCUT2D eigenvalue weighted by Gasteiger charge is -2.30. The molecule has 0 saturated carbocycles. The summed E-state index contributed by atoms with van der Waals surface area (Å²) in [6.07, 6.45) is 5.02. The SMILES string of the molecule is C[C@@H]1CCCC[NH+]1Cc1c(O)ccc2c(=O)c(-c3ccc(Cl)cc3Cl)coc12. The van der Waals surface area contributed by atoms with Crippen molar-refractivity contribution in [3.63, 3.8) is 0 Å². The number of hydrogen-bond acceptors (Lipinski definition) is 3. The van der Waals surface area contributed by atoms with Gasteiger partial charge in [-0.15, -0.1) is 0 Å². The highest BCUT2D eigenvalue weighted by atomic mass is 35.5. The van der Waals surface area contributed by atoms with E-state index in [0.717, 1.165) is 6.54 Å². The van der Waals surface area contributed by atoms with Crippen molar-refractivity contribution in [1.29, 1.82) is 0 Å². The van der Waals surface area contributed by atoms with Gasteiger partial charge in [-0.3, -0.25) is 4.79 Å². The summed E-state index contributed by atoms with van der Waals surface area (Å²) in [6.45, 7) is 3.92. The maximum absolute atomic E-state index is 13.1. The third kappa shape index (κ3) is 3.52. The average molecular weight is 419 g/mol. The molecule has 28 heavy (non-hydrogen) atoms. The number of quaternary nitrogens is 1. The molecule has 1 fully saturated rings. The zero-order chi connectivity index (χ0) is 19.8. The summed E-state index contributed by atoms with van der Waals surface area (Å²) >= 11 is 12.2. The smallest absolute Gasteiger partial charge is 0.200 e. The fraction of sp³-hybridized carbons (Fsp3) is 0.318. The van der Waals surface area contributed by atoms with E-state index in [1.54, 1.807) is 30.3 Å². The molecule has 1 aromatic heterocycles. The van der Waals surface area contributed by atoms with Crippen LogP contribution in [0, 0.1) is 0 Å². The molecule has 1 saturated heterocycles. The first kappa shape index (κ1) is 19.3. The fourth-order valence-electron chi connectivity index (χ4n) is 4.05. The van der Waals surface area contributed by atoms with Gasteiger partial charge in [0.2, 0.25) is 5.43 Å². The van der Waals surface area contributed by atoms with E-state index in [1.165, 1.54) is 30.4 Å². The van der Waals surface area contributed by atoms with E-state index in [2.05, 4.69) is 6.92 Å². The quantitative estimate of drug-likeness (QED) is 0.661. The van der Waals surface area contributed by atoms with Gasteiger partial charge in [-0.1, -0.05) is 29.3 Å². The van der Waals surface area contributed by atoms with Gasteiger partial charge in [0, 0.05) is 10.6 Å². The van der Waals surface area contributed by atoms with Gasteiger partial charge in [-0.25, -0.2) is 0 Å². The van der Waals surface area contributed by atoms with Crippen LogP contribution in [-0.4, -0.2) is 17.7 Å². The average Bonchev–Trinajstić information content (AvgIpc) is 2.66. The Hall–Kier alpha value is -2.01. The molecular formula is C22H22Cl2NO3+. The number of hydrogen-bond donors (Lipinski definition) is 2. The summed E-state index contributed by atoms with van der Waals surface area (Å²) in [4.78, 5) is 14.6. The Bertz CT molecular complexity index is 1090. The maximum Gasteiger partial charge on any atom is 0.200 e. The summed E-state index contributed by atoms with van der Waals surface area (Å²) < 4.78 is 5.89. The molecule has 1 aliphatic heterocycles. The first-order chi connectivity index (χ1) is 13.5. The van der Waals surface area contributed by atoms with E-state index in [0.29, 0.717) is 50.3 Å². The number of phenolic OH excluding ortho intramolecular Hbond substituents is 1. The fourth-order valence-corrected chi connectivity index (χ4v) is 4.56. The normalized spacial score (nSPS) is 19.8. The van der Waals surface area contributed by atoms with Crippen LogP contribution in [0.15, 0.2) is 45.8 Å². The number of benzene rings is 2. The van der Waals surface area contributed by atoms with Crippen LogP contribution in [0.2, 0.25) is 10.0 Å². The Balaban J connectivity index is 1.82.